The molecule has 1 aliphatic rings. The van der Waals surface area contributed by atoms with Crippen LogP contribution in [0, 0.1) is 5.41 Å². The minimum absolute atomic E-state index is 0.325. The van der Waals surface area contributed by atoms with Gasteiger partial charge in [0.2, 0.25) is 0 Å². The van der Waals surface area contributed by atoms with Gasteiger partial charge in [0.05, 0.1) is 3.79 Å². The van der Waals surface area contributed by atoms with Crippen molar-refractivity contribution in [3.05, 3.63) is 20.8 Å². The van der Waals surface area contributed by atoms with Crippen molar-refractivity contribution in [2.75, 3.05) is 13.2 Å². The van der Waals surface area contributed by atoms with E-state index in [9.17, 15) is 0 Å². The third-order valence-corrected chi connectivity index (χ3v) is 5.06. The van der Waals surface area contributed by atoms with Gasteiger partial charge in [-0.2, -0.15) is 0 Å². The Kier molecular flexibility index (Phi) is 4.41. The molecule has 1 heterocycles. The van der Waals surface area contributed by atoms with Crippen molar-refractivity contribution in [3.8, 4) is 0 Å². The molecule has 1 saturated carbocycles. The third-order valence-electron chi connectivity index (χ3n) is 3.51. The summed E-state index contributed by atoms with van der Waals surface area (Å²) in [4.78, 5) is 0. The van der Waals surface area contributed by atoms with Crippen molar-refractivity contribution in [1.82, 2.24) is 5.32 Å². The number of hydrogen-bond acceptors (Lipinski definition) is 3. The molecular formula is C12H18BrNOS. The van der Waals surface area contributed by atoms with Gasteiger partial charge in [-0.3, -0.25) is 0 Å². The number of halogens is 1. The topological polar surface area (TPSA) is 32.3 Å². The maximum atomic E-state index is 9.05. The summed E-state index contributed by atoms with van der Waals surface area (Å²) in [5, 5.41) is 14.7. The lowest BCUT2D eigenvalue weighted by Gasteiger charge is -2.42. The molecule has 0 bridgehead atoms. The lowest BCUT2D eigenvalue weighted by atomic mass is 9.67. The molecule has 2 nitrogen and oxygen atoms in total. The van der Waals surface area contributed by atoms with Crippen LogP contribution in [0.4, 0.5) is 0 Å². The molecule has 16 heavy (non-hydrogen) atoms. The van der Waals surface area contributed by atoms with Crippen LogP contribution in [0.2, 0.25) is 0 Å². The molecule has 0 unspecified atom stereocenters. The molecule has 2 rings (SSSR count). The van der Waals surface area contributed by atoms with Gasteiger partial charge in [0.1, 0.15) is 0 Å². The van der Waals surface area contributed by atoms with E-state index in [4.69, 9.17) is 5.11 Å². The van der Waals surface area contributed by atoms with Gasteiger partial charge in [0.25, 0.3) is 0 Å². The Hall–Kier alpha value is 0.100. The second kappa shape index (κ2) is 5.63. The molecule has 0 amide bonds. The molecule has 0 aromatic carbocycles. The van der Waals surface area contributed by atoms with Crippen LogP contribution in [0.25, 0.3) is 0 Å². The molecule has 0 atom stereocenters. The maximum Gasteiger partial charge on any atom is 0.0701 e. The minimum atomic E-state index is 0.325. The van der Waals surface area contributed by atoms with Crippen LogP contribution < -0.4 is 5.32 Å². The third kappa shape index (κ3) is 3.06. The standard InChI is InChI=1S/C12H18BrNOS/c13-11-6-10(8-16-11)7-14-9-12(4-5-15)2-1-3-12/h6,8,14-15H,1-5,7,9H2. The summed E-state index contributed by atoms with van der Waals surface area (Å²) in [6, 6.07) is 2.16. The first kappa shape index (κ1) is 12.6. The average Bonchev–Trinajstić information content (AvgIpc) is 2.60. The van der Waals surface area contributed by atoms with E-state index in [0.29, 0.717) is 12.0 Å². The number of nitrogens with one attached hydrogen (secondary N) is 1. The monoisotopic (exact) mass is 303 g/mol. The van der Waals surface area contributed by atoms with E-state index in [1.807, 2.05) is 0 Å². The van der Waals surface area contributed by atoms with Crippen molar-refractivity contribution in [3.63, 3.8) is 0 Å². The van der Waals surface area contributed by atoms with E-state index < -0.39 is 0 Å². The van der Waals surface area contributed by atoms with E-state index >= 15 is 0 Å². The smallest absolute Gasteiger partial charge is 0.0701 e. The Morgan fingerprint density at radius 3 is 2.81 bits per heavy atom. The quantitative estimate of drug-likeness (QED) is 0.846. The number of aliphatic hydroxyl groups is 1. The van der Waals surface area contributed by atoms with Gasteiger partial charge in [-0.1, -0.05) is 6.42 Å². The van der Waals surface area contributed by atoms with Crippen molar-refractivity contribution in [2.24, 2.45) is 5.41 Å². The molecule has 1 fully saturated rings. The number of rotatable bonds is 6. The van der Waals surface area contributed by atoms with E-state index in [-0.39, 0.29) is 0 Å². The Morgan fingerprint density at radius 1 is 1.50 bits per heavy atom. The summed E-state index contributed by atoms with van der Waals surface area (Å²) >= 11 is 5.20. The normalized spacial score (nSPS) is 18.4. The lowest BCUT2D eigenvalue weighted by Crippen LogP contribution is -2.40. The zero-order valence-electron chi connectivity index (χ0n) is 9.34. The Bertz CT molecular complexity index is 336. The van der Waals surface area contributed by atoms with Crippen molar-refractivity contribution >= 4 is 27.3 Å². The second-order valence-electron chi connectivity index (χ2n) is 4.69. The minimum Gasteiger partial charge on any atom is -0.396 e. The molecule has 0 radical (unpaired) electrons. The molecule has 1 aromatic rings. The van der Waals surface area contributed by atoms with Crippen LogP contribution in [0.3, 0.4) is 0 Å². The first-order chi connectivity index (χ1) is 7.74. The summed E-state index contributed by atoms with van der Waals surface area (Å²) in [5.74, 6) is 0. The van der Waals surface area contributed by atoms with Crippen molar-refractivity contribution < 1.29 is 5.11 Å². The predicted molar refractivity (Wildman–Crippen MR) is 71.7 cm³/mol. The Morgan fingerprint density at radius 2 is 2.31 bits per heavy atom. The van der Waals surface area contributed by atoms with E-state index in [1.54, 1.807) is 11.3 Å². The summed E-state index contributed by atoms with van der Waals surface area (Å²) in [5.41, 5.74) is 1.73. The average molecular weight is 304 g/mol. The predicted octanol–water partition coefficient (Wildman–Crippen LogP) is 3.15. The van der Waals surface area contributed by atoms with Gasteiger partial charge in [0, 0.05) is 19.7 Å². The van der Waals surface area contributed by atoms with Gasteiger partial charge in [0.15, 0.2) is 0 Å². The van der Waals surface area contributed by atoms with E-state index in [0.717, 1.165) is 19.5 Å². The highest BCUT2D eigenvalue weighted by atomic mass is 79.9. The molecule has 1 aliphatic carbocycles. The maximum absolute atomic E-state index is 9.05. The largest absolute Gasteiger partial charge is 0.396 e. The van der Waals surface area contributed by atoms with Crippen molar-refractivity contribution in [1.29, 1.82) is 0 Å². The summed E-state index contributed by atoms with van der Waals surface area (Å²) < 4.78 is 1.19. The van der Waals surface area contributed by atoms with Crippen LogP contribution in [0.5, 0.6) is 0 Å². The van der Waals surface area contributed by atoms with Gasteiger partial charge in [-0.25, -0.2) is 0 Å². The number of hydrogen-bond donors (Lipinski definition) is 2. The van der Waals surface area contributed by atoms with E-state index in [1.165, 1.54) is 28.6 Å². The summed E-state index contributed by atoms with van der Waals surface area (Å²) in [7, 11) is 0. The first-order valence-corrected chi connectivity index (χ1v) is 7.46. The molecule has 90 valence electrons. The van der Waals surface area contributed by atoms with Gasteiger partial charge >= 0.3 is 0 Å². The fourth-order valence-electron chi connectivity index (χ4n) is 2.34. The summed E-state index contributed by atoms with van der Waals surface area (Å²) in [6.07, 6.45) is 4.82. The second-order valence-corrected chi connectivity index (χ2v) is 6.98. The molecule has 2 N–H and O–H groups in total. The first-order valence-electron chi connectivity index (χ1n) is 5.79. The highest BCUT2D eigenvalue weighted by molar-refractivity contribution is 9.11. The van der Waals surface area contributed by atoms with Crippen LogP contribution >= 0.6 is 27.3 Å². The molecule has 1 aromatic heterocycles. The summed E-state index contributed by atoms with van der Waals surface area (Å²) in [6.45, 7) is 2.31. The fraction of sp³-hybridized carbons (Fsp3) is 0.667. The number of thiophene rings is 1. The molecular weight excluding hydrogens is 286 g/mol. The molecule has 0 aliphatic heterocycles. The SMILES string of the molecule is OCCC1(CNCc2csc(Br)c2)CCC1. The zero-order valence-corrected chi connectivity index (χ0v) is 11.7. The highest BCUT2D eigenvalue weighted by Gasteiger charge is 2.35. The fourth-order valence-corrected chi connectivity index (χ4v) is 3.55. The molecule has 0 saturated heterocycles. The molecule has 4 heteroatoms. The zero-order chi connectivity index (χ0) is 11.4. The van der Waals surface area contributed by atoms with Crippen LogP contribution in [-0.2, 0) is 6.54 Å². The van der Waals surface area contributed by atoms with Gasteiger partial charge in [-0.05, 0) is 57.6 Å². The van der Waals surface area contributed by atoms with Crippen LogP contribution in [0.15, 0.2) is 15.2 Å². The van der Waals surface area contributed by atoms with E-state index in [2.05, 4.69) is 32.7 Å². The van der Waals surface area contributed by atoms with Crippen molar-refractivity contribution in [2.45, 2.75) is 32.2 Å². The van der Waals surface area contributed by atoms with Crippen LogP contribution in [0.1, 0.15) is 31.2 Å². The van der Waals surface area contributed by atoms with Gasteiger partial charge < -0.3 is 10.4 Å². The lowest BCUT2D eigenvalue weighted by molar-refractivity contribution is 0.0859. The Balaban J connectivity index is 1.74. The highest BCUT2D eigenvalue weighted by Crippen LogP contribution is 2.43. The Labute approximate surface area is 109 Å². The van der Waals surface area contributed by atoms with Crippen LogP contribution in [-0.4, -0.2) is 18.3 Å². The molecule has 0 spiro atoms. The van der Waals surface area contributed by atoms with Gasteiger partial charge in [-0.15, -0.1) is 11.3 Å². The number of aliphatic hydroxyl groups excluding tert-OH is 1.